The average molecular weight is 513 g/mol. The van der Waals surface area contributed by atoms with E-state index < -0.39 is 47.3 Å². The van der Waals surface area contributed by atoms with Crippen LogP contribution in [0.1, 0.15) is 54.7 Å². The number of methoxy groups -OCH3 is 1. The smallest absolute Gasteiger partial charge is 0.328 e. The Balaban J connectivity index is 1.85. The topological polar surface area (TPSA) is 97.8 Å². The summed E-state index contributed by atoms with van der Waals surface area (Å²) in [4.78, 5) is 30.1. The number of aromatic hydroxyl groups is 1. The van der Waals surface area contributed by atoms with Crippen molar-refractivity contribution in [1.29, 1.82) is 0 Å². The summed E-state index contributed by atoms with van der Waals surface area (Å²) in [5.41, 5.74) is 1.05. The summed E-state index contributed by atoms with van der Waals surface area (Å²) in [6.45, 7) is 5.45. The largest absolute Gasteiger partial charge is 0.503 e. The number of aromatic nitrogens is 1. The first-order valence-electron chi connectivity index (χ1n) is 11.8. The minimum absolute atomic E-state index is 0.0185. The van der Waals surface area contributed by atoms with Gasteiger partial charge < -0.3 is 19.9 Å². The molecule has 2 N–H and O–H groups in total. The van der Waals surface area contributed by atoms with Gasteiger partial charge in [0.05, 0.1) is 7.11 Å². The van der Waals surface area contributed by atoms with E-state index in [1.165, 1.54) is 43.6 Å². The Bertz CT molecular complexity index is 1170. The van der Waals surface area contributed by atoms with E-state index in [0.29, 0.717) is 11.1 Å². The van der Waals surface area contributed by atoms with E-state index in [1.54, 1.807) is 31.2 Å². The van der Waals surface area contributed by atoms with Gasteiger partial charge in [-0.2, -0.15) is 0 Å². The summed E-state index contributed by atoms with van der Waals surface area (Å²) in [7, 11) is 1.34. The highest BCUT2D eigenvalue weighted by Crippen LogP contribution is 2.31. The van der Waals surface area contributed by atoms with E-state index in [-0.39, 0.29) is 23.8 Å². The number of benzene rings is 2. The van der Waals surface area contributed by atoms with Gasteiger partial charge in [-0.25, -0.2) is 18.6 Å². The van der Waals surface area contributed by atoms with Crippen LogP contribution in [-0.4, -0.2) is 41.2 Å². The van der Waals surface area contributed by atoms with E-state index in [9.17, 15) is 23.5 Å². The van der Waals surface area contributed by atoms with Gasteiger partial charge in [-0.1, -0.05) is 38.1 Å². The molecule has 37 heavy (non-hydrogen) atoms. The van der Waals surface area contributed by atoms with Crippen molar-refractivity contribution < 1.29 is 33.0 Å². The molecular weight excluding hydrogens is 482 g/mol. The molecule has 7 nitrogen and oxygen atoms in total. The Morgan fingerprint density at radius 1 is 0.946 bits per heavy atom. The molecule has 0 aliphatic rings. The molecule has 9 heteroatoms. The summed E-state index contributed by atoms with van der Waals surface area (Å²) in [5.74, 6) is -3.17. The van der Waals surface area contributed by atoms with Gasteiger partial charge in [0.25, 0.3) is 5.91 Å². The molecule has 2 aromatic carbocycles. The molecule has 196 valence electrons. The van der Waals surface area contributed by atoms with Crippen molar-refractivity contribution in [2.24, 2.45) is 5.92 Å². The molecule has 0 radical (unpaired) electrons. The molecule has 0 saturated carbocycles. The first kappa shape index (κ1) is 27.6. The van der Waals surface area contributed by atoms with E-state index in [0.717, 1.165) is 0 Å². The van der Waals surface area contributed by atoms with Gasteiger partial charge in [0, 0.05) is 18.2 Å². The van der Waals surface area contributed by atoms with Crippen LogP contribution in [0, 0.1) is 17.6 Å². The second kappa shape index (κ2) is 12.3. The molecule has 2 atom stereocenters. The third-order valence-electron chi connectivity index (χ3n) is 5.85. The van der Waals surface area contributed by atoms with Crippen molar-refractivity contribution in [2.75, 3.05) is 7.11 Å². The second-order valence-electron chi connectivity index (χ2n) is 9.09. The van der Waals surface area contributed by atoms with Crippen LogP contribution in [0.4, 0.5) is 8.78 Å². The zero-order valence-electron chi connectivity index (χ0n) is 21.1. The van der Waals surface area contributed by atoms with E-state index in [1.807, 2.05) is 13.8 Å². The minimum Gasteiger partial charge on any atom is -0.503 e. The first-order chi connectivity index (χ1) is 17.6. The highest BCUT2D eigenvalue weighted by molar-refractivity contribution is 5.97. The average Bonchev–Trinajstić information content (AvgIpc) is 2.86. The number of carbonyl (C=O) groups is 2. The fraction of sp³-hybridized carbons (Fsp3) is 0.321. The van der Waals surface area contributed by atoms with Crippen LogP contribution >= 0.6 is 0 Å². The number of rotatable bonds is 10. The monoisotopic (exact) mass is 512 g/mol. The van der Waals surface area contributed by atoms with Gasteiger partial charge in [-0.15, -0.1) is 0 Å². The fourth-order valence-electron chi connectivity index (χ4n) is 4.09. The van der Waals surface area contributed by atoms with E-state index in [2.05, 4.69) is 10.3 Å². The maximum atomic E-state index is 13.6. The third kappa shape index (κ3) is 7.03. The number of carbonyl (C=O) groups excluding carboxylic acids is 2. The zero-order chi connectivity index (χ0) is 27.1. The predicted molar refractivity (Wildman–Crippen MR) is 133 cm³/mol. The molecule has 0 fully saturated rings. The summed E-state index contributed by atoms with van der Waals surface area (Å²) in [6.07, 6.45) is 0.819. The first-order valence-corrected chi connectivity index (χ1v) is 11.8. The van der Waals surface area contributed by atoms with E-state index >= 15 is 0 Å². The summed E-state index contributed by atoms with van der Waals surface area (Å²) in [6, 6.07) is 11.9. The number of nitrogens with zero attached hydrogens (tertiary/aromatic N) is 1. The fourth-order valence-corrected chi connectivity index (χ4v) is 4.09. The SMILES string of the molecule is COc1ccnc(C(=O)N[C@@H](CC(C)C)C(=O)O[C@@H](C)C(c2ccc(F)cc2)c2ccc(F)cc2)c1O. The van der Waals surface area contributed by atoms with Gasteiger partial charge in [-0.05, 0) is 54.7 Å². The van der Waals surface area contributed by atoms with Crippen LogP contribution in [-0.2, 0) is 9.53 Å². The second-order valence-corrected chi connectivity index (χ2v) is 9.09. The summed E-state index contributed by atoms with van der Waals surface area (Å²) in [5, 5.41) is 12.9. The van der Waals surface area contributed by atoms with Crippen molar-refractivity contribution in [3.8, 4) is 11.5 Å². The molecule has 0 bridgehead atoms. The molecule has 3 aromatic rings. The van der Waals surface area contributed by atoms with Crippen LogP contribution in [0.5, 0.6) is 11.5 Å². The van der Waals surface area contributed by atoms with Crippen LogP contribution in [0.25, 0.3) is 0 Å². The van der Waals surface area contributed by atoms with Gasteiger partial charge in [-0.3, -0.25) is 4.79 Å². The molecule has 0 spiro atoms. The number of ether oxygens (including phenoxy) is 2. The number of amides is 1. The molecule has 0 saturated heterocycles. The molecule has 0 unspecified atom stereocenters. The Labute approximate surface area is 214 Å². The molecule has 1 aromatic heterocycles. The predicted octanol–water partition coefficient (Wildman–Crippen LogP) is 4.98. The number of halogens is 2. The van der Waals surface area contributed by atoms with Gasteiger partial charge >= 0.3 is 5.97 Å². The third-order valence-corrected chi connectivity index (χ3v) is 5.85. The maximum absolute atomic E-state index is 13.6. The van der Waals surface area contributed by atoms with Gasteiger partial charge in [0.1, 0.15) is 23.8 Å². The standard InChI is InChI=1S/C28H30F2N2O5/c1-16(2)15-22(32-27(34)25-26(33)23(36-4)13-14-31-25)28(35)37-17(3)24(18-5-9-20(29)10-6-18)19-7-11-21(30)12-8-19/h5-14,16-17,22,24,33H,15H2,1-4H3,(H,32,34)/t17-,22-/m0/s1. The lowest BCUT2D eigenvalue weighted by atomic mass is 9.87. The molecule has 1 heterocycles. The summed E-state index contributed by atoms with van der Waals surface area (Å²) < 4.78 is 38.0. The quantitative estimate of drug-likeness (QED) is 0.372. The maximum Gasteiger partial charge on any atom is 0.328 e. The Morgan fingerprint density at radius 3 is 1.97 bits per heavy atom. The lowest BCUT2D eigenvalue weighted by Gasteiger charge is -2.28. The highest BCUT2D eigenvalue weighted by Gasteiger charge is 2.31. The van der Waals surface area contributed by atoms with Crippen molar-refractivity contribution in [2.45, 2.75) is 45.3 Å². The normalized spacial score (nSPS) is 12.8. The van der Waals surface area contributed by atoms with Crippen LogP contribution < -0.4 is 10.1 Å². The van der Waals surface area contributed by atoms with Crippen LogP contribution in [0.15, 0.2) is 60.8 Å². The molecule has 1 amide bonds. The lowest BCUT2D eigenvalue weighted by molar-refractivity contribution is -0.151. The number of nitrogens with one attached hydrogen (secondary N) is 1. The lowest BCUT2D eigenvalue weighted by Crippen LogP contribution is -2.44. The zero-order valence-corrected chi connectivity index (χ0v) is 21.1. The Morgan fingerprint density at radius 2 is 1.49 bits per heavy atom. The van der Waals surface area contributed by atoms with Gasteiger partial charge in [0.15, 0.2) is 17.2 Å². The van der Waals surface area contributed by atoms with Crippen LogP contribution in [0.3, 0.4) is 0 Å². The molecule has 0 aliphatic carbocycles. The minimum atomic E-state index is -1.04. The van der Waals surface area contributed by atoms with Crippen molar-refractivity contribution in [3.05, 3.63) is 89.2 Å². The molecule has 3 rings (SSSR count). The van der Waals surface area contributed by atoms with E-state index in [4.69, 9.17) is 9.47 Å². The van der Waals surface area contributed by atoms with Crippen molar-refractivity contribution in [1.82, 2.24) is 10.3 Å². The molecular formula is C28H30F2N2O5. The Kier molecular flexibility index (Phi) is 9.16. The number of hydrogen-bond donors (Lipinski definition) is 2. The molecule has 0 aliphatic heterocycles. The van der Waals surface area contributed by atoms with Gasteiger partial charge in [0.2, 0.25) is 0 Å². The number of esters is 1. The number of pyridine rings is 1. The number of hydrogen-bond acceptors (Lipinski definition) is 6. The van der Waals surface area contributed by atoms with Crippen molar-refractivity contribution in [3.63, 3.8) is 0 Å². The summed E-state index contributed by atoms with van der Waals surface area (Å²) >= 11 is 0. The highest BCUT2D eigenvalue weighted by atomic mass is 19.1. The van der Waals surface area contributed by atoms with Crippen LogP contribution in [0.2, 0.25) is 0 Å². The van der Waals surface area contributed by atoms with Crippen molar-refractivity contribution >= 4 is 11.9 Å². The Hall–Kier alpha value is -4.01.